The normalized spacial score (nSPS) is 11.2. The predicted octanol–water partition coefficient (Wildman–Crippen LogP) is 2.43. The second-order valence-electron chi connectivity index (χ2n) is 4.99. The Morgan fingerprint density at radius 3 is 2.56 bits per heavy atom. The highest BCUT2D eigenvalue weighted by Gasteiger charge is 2.13. The fourth-order valence-corrected chi connectivity index (χ4v) is 1.27. The number of benzene rings is 1. The highest BCUT2D eigenvalue weighted by molar-refractivity contribution is 5.97. The van der Waals surface area contributed by atoms with E-state index in [1.165, 1.54) is 6.07 Å². The van der Waals surface area contributed by atoms with Gasteiger partial charge in [0.15, 0.2) is 0 Å². The van der Waals surface area contributed by atoms with E-state index in [1.807, 2.05) is 0 Å². The summed E-state index contributed by atoms with van der Waals surface area (Å²) < 4.78 is 0. The van der Waals surface area contributed by atoms with Crippen LogP contribution in [0.15, 0.2) is 18.2 Å². The van der Waals surface area contributed by atoms with Crippen LogP contribution in [0.3, 0.4) is 0 Å². The van der Waals surface area contributed by atoms with Crippen LogP contribution in [-0.4, -0.2) is 17.6 Å². The van der Waals surface area contributed by atoms with Crippen LogP contribution < -0.4 is 11.1 Å². The molecule has 0 saturated heterocycles. The number of carboxylic acids is 1. The molecule has 0 aliphatic carbocycles. The lowest BCUT2D eigenvalue weighted by atomic mass is 9.97. The van der Waals surface area contributed by atoms with E-state index < -0.39 is 5.97 Å². The van der Waals surface area contributed by atoms with Gasteiger partial charge in [-0.2, -0.15) is 0 Å². The van der Waals surface area contributed by atoms with Crippen LogP contribution >= 0.6 is 0 Å². The summed E-state index contributed by atoms with van der Waals surface area (Å²) in [5, 5.41) is 12.1. The Bertz CT molecular complexity index is 394. The summed E-state index contributed by atoms with van der Waals surface area (Å²) in [4.78, 5) is 10.9. The third-order valence-corrected chi connectivity index (χ3v) is 2.15. The van der Waals surface area contributed by atoms with Crippen molar-refractivity contribution in [2.24, 2.45) is 5.41 Å². The summed E-state index contributed by atoms with van der Waals surface area (Å²) in [7, 11) is 0. The van der Waals surface area contributed by atoms with E-state index in [1.54, 1.807) is 12.1 Å². The molecule has 0 amide bonds. The van der Waals surface area contributed by atoms with E-state index in [2.05, 4.69) is 26.1 Å². The maximum absolute atomic E-state index is 10.9. The first-order valence-corrected chi connectivity index (χ1v) is 5.17. The average molecular weight is 222 g/mol. The summed E-state index contributed by atoms with van der Waals surface area (Å²) in [6.45, 7) is 7.02. The first-order valence-electron chi connectivity index (χ1n) is 5.17. The van der Waals surface area contributed by atoms with Crippen LogP contribution in [0.5, 0.6) is 0 Å². The molecule has 1 rings (SSSR count). The number of carbonyl (C=O) groups is 1. The van der Waals surface area contributed by atoms with Gasteiger partial charge in [0.1, 0.15) is 0 Å². The molecule has 0 spiro atoms. The molecule has 0 aliphatic heterocycles. The quantitative estimate of drug-likeness (QED) is 0.686. The Morgan fingerprint density at radius 1 is 1.44 bits per heavy atom. The molecule has 0 fully saturated rings. The van der Waals surface area contributed by atoms with Crippen LogP contribution in [0.1, 0.15) is 31.1 Å². The third kappa shape index (κ3) is 3.15. The van der Waals surface area contributed by atoms with Crippen molar-refractivity contribution in [2.45, 2.75) is 20.8 Å². The maximum atomic E-state index is 10.9. The largest absolute Gasteiger partial charge is 0.478 e. The topological polar surface area (TPSA) is 75.3 Å². The van der Waals surface area contributed by atoms with E-state index in [0.29, 0.717) is 11.4 Å². The van der Waals surface area contributed by atoms with Crippen molar-refractivity contribution in [3.05, 3.63) is 23.8 Å². The number of rotatable bonds is 3. The summed E-state index contributed by atoms with van der Waals surface area (Å²) in [6, 6.07) is 4.97. The number of nitrogen functional groups attached to an aromatic ring is 1. The zero-order chi connectivity index (χ0) is 12.3. The Balaban J connectivity index is 2.90. The summed E-state index contributed by atoms with van der Waals surface area (Å²) in [6.07, 6.45) is 0. The van der Waals surface area contributed by atoms with Gasteiger partial charge in [0.25, 0.3) is 0 Å². The van der Waals surface area contributed by atoms with Crippen LogP contribution in [-0.2, 0) is 0 Å². The Kier molecular flexibility index (Phi) is 3.42. The molecule has 4 heteroatoms. The first kappa shape index (κ1) is 12.4. The van der Waals surface area contributed by atoms with E-state index in [-0.39, 0.29) is 11.0 Å². The molecule has 0 heterocycles. The van der Waals surface area contributed by atoms with Crippen molar-refractivity contribution in [3.63, 3.8) is 0 Å². The van der Waals surface area contributed by atoms with E-state index in [0.717, 1.165) is 6.54 Å². The summed E-state index contributed by atoms with van der Waals surface area (Å²) in [5.74, 6) is -1.00. The molecule has 1 aromatic carbocycles. The van der Waals surface area contributed by atoms with Crippen molar-refractivity contribution >= 4 is 17.3 Å². The van der Waals surface area contributed by atoms with Crippen LogP contribution in [0, 0.1) is 5.41 Å². The lowest BCUT2D eigenvalue weighted by Crippen LogP contribution is -2.20. The first-order chi connectivity index (χ1) is 7.31. The third-order valence-electron chi connectivity index (χ3n) is 2.15. The van der Waals surface area contributed by atoms with Gasteiger partial charge in [0.05, 0.1) is 16.9 Å². The number of hydrogen-bond donors (Lipinski definition) is 3. The SMILES string of the molecule is CC(C)(C)CNc1cccc(C(=O)O)c1N. The van der Waals surface area contributed by atoms with Crippen LogP contribution in [0.2, 0.25) is 0 Å². The molecular formula is C12H18N2O2. The van der Waals surface area contributed by atoms with Crippen LogP contribution in [0.25, 0.3) is 0 Å². The molecular weight excluding hydrogens is 204 g/mol. The van der Waals surface area contributed by atoms with Crippen molar-refractivity contribution in [1.29, 1.82) is 0 Å². The monoisotopic (exact) mass is 222 g/mol. The van der Waals surface area contributed by atoms with Crippen molar-refractivity contribution in [2.75, 3.05) is 17.6 Å². The Labute approximate surface area is 95.5 Å². The predicted molar refractivity (Wildman–Crippen MR) is 65.8 cm³/mol. The molecule has 88 valence electrons. The number of para-hydroxylation sites is 1. The van der Waals surface area contributed by atoms with Gasteiger partial charge in [-0.3, -0.25) is 0 Å². The molecule has 0 radical (unpaired) electrons. The second kappa shape index (κ2) is 4.43. The van der Waals surface area contributed by atoms with Gasteiger partial charge < -0.3 is 16.2 Å². The Morgan fingerprint density at radius 2 is 2.06 bits per heavy atom. The highest BCUT2D eigenvalue weighted by Crippen LogP contribution is 2.24. The van der Waals surface area contributed by atoms with Gasteiger partial charge in [-0.15, -0.1) is 0 Å². The minimum Gasteiger partial charge on any atom is -0.478 e. The van der Waals surface area contributed by atoms with Gasteiger partial charge in [-0.1, -0.05) is 26.8 Å². The van der Waals surface area contributed by atoms with E-state index in [9.17, 15) is 4.79 Å². The van der Waals surface area contributed by atoms with E-state index >= 15 is 0 Å². The molecule has 4 nitrogen and oxygen atoms in total. The van der Waals surface area contributed by atoms with E-state index in [4.69, 9.17) is 10.8 Å². The van der Waals surface area contributed by atoms with Gasteiger partial charge >= 0.3 is 5.97 Å². The number of anilines is 2. The van der Waals surface area contributed by atoms with Crippen LogP contribution in [0.4, 0.5) is 11.4 Å². The molecule has 0 bridgehead atoms. The Hall–Kier alpha value is -1.71. The van der Waals surface area contributed by atoms with Gasteiger partial charge in [0, 0.05) is 6.54 Å². The molecule has 16 heavy (non-hydrogen) atoms. The molecule has 0 aliphatic rings. The van der Waals surface area contributed by atoms with Crippen molar-refractivity contribution in [1.82, 2.24) is 0 Å². The summed E-state index contributed by atoms with van der Waals surface area (Å²) in [5.41, 5.74) is 6.99. The molecule has 4 N–H and O–H groups in total. The van der Waals surface area contributed by atoms with Gasteiger partial charge in [0.2, 0.25) is 0 Å². The highest BCUT2D eigenvalue weighted by atomic mass is 16.4. The van der Waals surface area contributed by atoms with Crippen molar-refractivity contribution in [3.8, 4) is 0 Å². The molecule has 1 aromatic rings. The average Bonchev–Trinajstić information content (AvgIpc) is 2.14. The van der Waals surface area contributed by atoms with Gasteiger partial charge in [-0.25, -0.2) is 4.79 Å². The number of hydrogen-bond acceptors (Lipinski definition) is 3. The standard InChI is InChI=1S/C12H18N2O2/c1-12(2,3)7-14-9-6-4-5-8(10(9)13)11(15)16/h4-6,14H,7,13H2,1-3H3,(H,15,16). The molecule has 0 unspecified atom stereocenters. The fraction of sp³-hybridized carbons (Fsp3) is 0.417. The maximum Gasteiger partial charge on any atom is 0.337 e. The number of carboxylic acid groups (broad SMARTS) is 1. The zero-order valence-corrected chi connectivity index (χ0v) is 9.87. The number of nitrogens with one attached hydrogen (secondary N) is 1. The molecule has 0 saturated carbocycles. The molecule has 0 atom stereocenters. The van der Waals surface area contributed by atoms with Crippen molar-refractivity contribution < 1.29 is 9.90 Å². The zero-order valence-electron chi connectivity index (χ0n) is 9.87. The lowest BCUT2D eigenvalue weighted by Gasteiger charge is -2.20. The lowest BCUT2D eigenvalue weighted by molar-refractivity contribution is 0.0698. The summed E-state index contributed by atoms with van der Waals surface area (Å²) >= 11 is 0. The smallest absolute Gasteiger partial charge is 0.337 e. The minimum absolute atomic E-state index is 0.117. The molecule has 0 aromatic heterocycles. The second-order valence-corrected chi connectivity index (χ2v) is 4.99. The number of aromatic carboxylic acids is 1. The van der Waals surface area contributed by atoms with Gasteiger partial charge in [-0.05, 0) is 17.5 Å². The number of nitrogens with two attached hydrogens (primary N) is 1. The minimum atomic E-state index is -1.00. The fourth-order valence-electron chi connectivity index (χ4n) is 1.27.